The van der Waals surface area contributed by atoms with E-state index in [2.05, 4.69) is 53.3 Å². The monoisotopic (exact) mass is 506 g/mol. The van der Waals surface area contributed by atoms with Crippen LogP contribution in [-0.4, -0.2) is 73.1 Å². The average Bonchev–Trinajstić information content (AvgIpc) is 2.89. The molecule has 8 heteroatoms. The molecule has 1 atom stereocenters. The van der Waals surface area contributed by atoms with Crippen LogP contribution in [0.4, 0.5) is 0 Å². The van der Waals surface area contributed by atoms with Crippen LogP contribution in [-0.2, 0) is 18.2 Å². The van der Waals surface area contributed by atoms with Gasteiger partial charge in [0.05, 0.1) is 18.9 Å². The first-order valence-corrected chi connectivity index (χ1v) is 10.2. The third-order valence-electron chi connectivity index (χ3n) is 5.36. The molecule has 28 heavy (non-hydrogen) atoms. The van der Waals surface area contributed by atoms with E-state index in [9.17, 15) is 0 Å². The minimum absolute atomic E-state index is 0. The maximum absolute atomic E-state index is 5.51. The Bertz CT molecular complexity index is 610. The summed E-state index contributed by atoms with van der Waals surface area (Å²) in [5.41, 5.74) is 3.68. The Balaban J connectivity index is 0.00000392. The van der Waals surface area contributed by atoms with Crippen LogP contribution >= 0.6 is 24.0 Å². The maximum atomic E-state index is 5.51. The minimum atomic E-state index is 0. The molecule has 1 aromatic heterocycles. The predicted octanol–water partition coefficient (Wildman–Crippen LogP) is 2.11. The molecule has 7 nitrogen and oxygen atoms in total. The first-order chi connectivity index (χ1) is 12.9. The summed E-state index contributed by atoms with van der Waals surface area (Å²) in [6, 6.07) is 0.510. The summed E-state index contributed by atoms with van der Waals surface area (Å²) in [6.07, 6.45) is 2.13. The lowest BCUT2D eigenvalue weighted by Crippen LogP contribution is -2.51. The number of aryl methyl sites for hydroxylation is 2. The van der Waals surface area contributed by atoms with E-state index >= 15 is 0 Å². The number of aliphatic imine (C=N–C) groups is 1. The summed E-state index contributed by atoms with van der Waals surface area (Å²) < 4.78 is 7.47. The molecule has 0 bridgehead atoms. The fourth-order valence-electron chi connectivity index (χ4n) is 3.77. The van der Waals surface area contributed by atoms with Crippen molar-refractivity contribution in [2.24, 2.45) is 18.0 Å². The lowest BCUT2D eigenvalue weighted by atomic mass is 10.0. The Hall–Kier alpha value is -0.870. The van der Waals surface area contributed by atoms with E-state index < -0.39 is 0 Å². The average molecular weight is 506 g/mol. The first kappa shape index (κ1) is 25.2. The number of ether oxygens (including phenoxy) is 1. The van der Waals surface area contributed by atoms with Crippen molar-refractivity contribution < 1.29 is 4.74 Å². The lowest BCUT2D eigenvalue weighted by molar-refractivity contribution is 0.0132. The molecule has 0 spiro atoms. The van der Waals surface area contributed by atoms with E-state index in [0.717, 1.165) is 57.5 Å². The van der Waals surface area contributed by atoms with Gasteiger partial charge < -0.3 is 15.4 Å². The van der Waals surface area contributed by atoms with Crippen molar-refractivity contribution in [1.82, 2.24) is 25.3 Å². The molecule has 1 fully saturated rings. The van der Waals surface area contributed by atoms with E-state index in [4.69, 9.17) is 4.74 Å². The summed E-state index contributed by atoms with van der Waals surface area (Å²) in [5, 5.41) is 11.5. The van der Waals surface area contributed by atoms with Crippen LogP contribution in [0, 0.1) is 19.8 Å². The van der Waals surface area contributed by atoms with Gasteiger partial charge in [0.25, 0.3) is 0 Å². The zero-order chi connectivity index (χ0) is 19.8. The normalized spacial score (nSPS) is 16.8. The van der Waals surface area contributed by atoms with Crippen LogP contribution in [0.1, 0.15) is 37.2 Å². The molecule has 162 valence electrons. The topological polar surface area (TPSA) is 66.7 Å². The molecule has 1 aromatic rings. The second kappa shape index (κ2) is 12.6. The number of morpholine rings is 1. The van der Waals surface area contributed by atoms with Gasteiger partial charge in [0, 0.05) is 52.0 Å². The second-order valence-corrected chi connectivity index (χ2v) is 7.83. The van der Waals surface area contributed by atoms with Gasteiger partial charge in [-0.3, -0.25) is 14.6 Å². The highest BCUT2D eigenvalue weighted by Gasteiger charge is 2.22. The molecule has 2 N–H and O–H groups in total. The molecule has 2 rings (SSSR count). The molecule has 1 saturated heterocycles. The van der Waals surface area contributed by atoms with Crippen LogP contribution in [0.25, 0.3) is 0 Å². The van der Waals surface area contributed by atoms with E-state index in [1.54, 1.807) is 0 Å². The van der Waals surface area contributed by atoms with Crippen LogP contribution in [0.15, 0.2) is 4.99 Å². The van der Waals surface area contributed by atoms with Crippen molar-refractivity contribution in [2.75, 3.05) is 46.4 Å². The molecular weight excluding hydrogens is 467 g/mol. The first-order valence-electron chi connectivity index (χ1n) is 10.2. The molecular formula is C20H39IN6O. The molecule has 0 aromatic carbocycles. The Morgan fingerprint density at radius 3 is 2.43 bits per heavy atom. The standard InChI is InChI=1S/C20H38N6O.HI/c1-15(2)13-18(26-9-11-27-12-10-26)14-23-20(21-5)22-8-7-19-16(3)24-25(6)17(19)4;/h15,18H,7-14H2,1-6H3,(H2,21,22,23);1H. The zero-order valence-electron chi connectivity index (χ0n) is 18.4. The zero-order valence-corrected chi connectivity index (χ0v) is 20.7. The summed E-state index contributed by atoms with van der Waals surface area (Å²) >= 11 is 0. The predicted molar refractivity (Wildman–Crippen MR) is 127 cm³/mol. The van der Waals surface area contributed by atoms with Gasteiger partial charge in [0.2, 0.25) is 0 Å². The second-order valence-electron chi connectivity index (χ2n) is 7.83. The molecule has 2 heterocycles. The molecule has 0 aliphatic carbocycles. The highest BCUT2D eigenvalue weighted by atomic mass is 127. The Kier molecular flexibility index (Phi) is 11.4. The fourth-order valence-corrected chi connectivity index (χ4v) is 3.77. The largest absolute Gasteiger partial charge is 0.379 e. The van der Waals surface area contributed by atoms with E-state index in [1.807, 2.05) is 18.8 Å². The van der Waals surface area contributed by atoms with Crippen molar-refractivity contribution in [2.45, 2.75) is 46.6 Å². The van der Waals surface area contributed by atoms with Gasteiger partial charge in [0.1, 0.15) is 0 Å². The highest BCUT2D eigenvalue weighted by molar-refractivity contribution is 14.0. The number of halogens is 1. The molecule has 0 saturated carbocycles. The molecule has 0 amide bonds. The number of rotatable bonds is 8. The lowest BCUT2D eigenvalue weighted by Gasteiger charge is -2.35. The number of nitrogens with zero attached hydrogens (tertiary/aromatic N) is 4. The van der Waals surface area contributed by atoms with Crippen LogP contribution in [0.2, 0.25) is 0 Å². The Morgan fingerprint density at radius 2 is 1.89 bits per heavy atom. The van der Waals surface area contributed by atoms with E-state index in [0.29, 0.717) is 12.0 Å². The molecule has 1 aliphatic heterocycles. The third kappa shape index (κ3) is 7.51. The van der Waals surface area contributed by atoms with Gasteiger partial charge in [-0.1, -0.05) is 13.8 Å². The van der Waals surface area contributed by atoms with Gasteiger partial charge in [-0.2, -0.15) is 5.10 Å². The van der Waals surface area contributed by atoms with Crippen molar-refractivity contribution in [3.8, 4) is 0 Å². The molecule has 1 unspecified atom stereocenters. The number of guanidine groups is 1. The number of hydrogen-bond donors (Lipinski definition) is 2. The number of nitrogens with one attached hydrogen (secondary N) is 2. The minimum Gasteiger partial charge on any atom is -0.379 e. The third-order valence-corrected chi connectivity index (χ3v) is 5.36. The Labute approximate surface area is 187 Å². The van der Waals surface area contributed by atoms with Crippen LogP contribution in [0.3, 0.4) is 0 Å². The van der Waals surface area contributed by atoms with Crippen molar-refractivity contribution in [3.05, 3.63) is 17.0 Å². The van der Waals surface area contributed by atoms with E-state index in [-0.39, 0.29) is 24.0 Å². The van der Waals surface area contributed by atoms with Crippen molar-refractivity contribution >= 4 is 29.9 Å². The molecule has 0 radical (unpaired) electrons. The van der Waals surface area contributed by atoms with Crippen LogP contribution < -0.4 is 10.6 Å². The van der Waals surface area contributed by atoms with Gasteiger partial charge >= 0.3 is 0 Å². The quantitative estimate of drug-likeness (QED) is 0.321. The fraction of sp³-hybridized carbons (Fsp3) is 0.800. The summed E-state index contributed by atoms with van der Waals surface area (Å²) in [7, 11) is 3.84. The van der Waals surface area contributed by atoms with Gasteiger partial charge in [-0.25, -0.2) is 0 Å². The summed E-state index contributed by atoms with van der Waals surface area (Å²) in [4.78, 5) is 6.94. The van der Waals surface area contributed by atoms with Gasteiger partial charge in [0.15, 0.2) is 5.96 Å². The smallest absolute Gasteiger partial charge is 0.191 e. The van der Waals surface area contributed by atoms with Gasteiger partial charge in [-0.05, 0) is 38.2 Å². The van der Waals surface area contributed by atoms with Gasteiger partial charge in [-0.15, -0.1) is 24.0 Å². The summed E-state index contributed by atoms with van der Waals surface area (Å²) in [6.45, 7) is 14.3. The number of hydrogen-bond acceptors (Lipinski definition) is 4. The van der Waals surface area contributed by atoms with Crippen molar-refractivity contribution in [1.29, 1.82) is 0 Å². The van der Waals surface area contributed by atoms with E-state index in [1.165, 1.54) is 17.7 Å². The number of aromatic nitrogens is 2. The van der Waals surface area contributed by atoms with Crippen LogP contribution in [0.5, 0.6) is 0 Å². The SMILES string of the molecule is CN=C(NCCc1c(C)nn(C)c1C)NCC(CC(C)C)N1CCOCC1.I. The highest BCUT2D eigenvalue weighted by Crippen LogP contribution is 2.13. The maximum Gasteiger partial charge on any atom is 0.191 e. The Morgan fingerprint density at radius 1 is 1.21 bits per heavy atom. The summed E-state index contributed by atoms with van der Waals surface area (Å²) in [5.74, 6) is 1.54. The van der Waals surface area contributed by atoms with Crippen molar-refractivity contribution in [3.63, 3.8) is 0 Å². The molecule has 1 aliphatic rings.